The highest BCUT2D eigenvalue weighted by Gasteiger charge is 2.43. The Labute approximate surface area is 144 Å². The van der Waals surface area contributed by atoms with Gasteiger partial charge in [-0.2, -0.15) is 5.06 Å². The number of carbonyl (C=O) groups is 2. The number of hydrogen-bond acceptors (Lipinski definition) is 8. The summed E-state index contributed by atoms with van der Waals surface area (Å²) in [6, 6.07) is 0. The van der Waals surface area contributed by atoms with Gasteiger partial charge in [0.2, 0.25) is 0 Å². The second-order valence-corrected chi connectivity index (χ2v) is 6.98. The first kappa shape index (κ1) is 22.8. The van der Waals surface area contributed by atoms with E-state index in [-0.39, 0.29) is 30.5 Å². The van der Waals surface area contributed by atoms with Gasteiger partial charge in [-0.25, -0.2) is 0 Å². The van der Waals surface area contributed by atoms with Crippen LogP contribution in [0.1, 0.15) is 40.5 Å². The summed E-state index contributed by atoms with van der Waals surface area (Å²) in [5, 5.41) is 20.0. The van der Waals surface area contributed by atoms with Gasteiger partial charge in [0.05, 0.1) is 33.7 Å². The van der Waals surface area contributed by atoms with Gasteiger partial charge in [-0.1, -0.05) is 0 Å². The molecule has 1 aliphatic rings. The first-order chi connectivity index (χ1) is 11.0. The molecule has 8 nitrogen and oxygen atoms in total. The molecular weight excluding hydrogens is 316 g/mol. The number of β-amino-alcohol motifs (C(OH)–C–C–N with tert-alkyl or cyclic N) is 1. The van der Waals surface area contributed by atoms with E-state index in [0.29, 0.717) is 19.6 Å². The first-order valence-electron chi connectivity index (χ1n) is 7.96. The van der Waals surface area contributed by atoms with E-state index in [4.69, 9.17) is 5.11 Å². The summed E-state index contributed by atoms with van der Waals surface area (Å²) in [5.41, 5.74) is -0.196. The van der Waals surface area contributed by atoms with Gasteiger partial charge in [-0.3, -0.25) is 14.5 Å². The van der Waals surface area contributed by atoms with Crippen molar-refractivity contribution in [2.45, 2.75) is 51.6 Å². The molecule has 2 N–H and O–H groups in total. The second-order valence-electron chi connectivity index (χ2n) is 6.98. The number of rotatable bonds is 5. The Bertz CT molecular complexity index is 377. The third-order valence-electron chi connectivity index (χ3n) is 3.91. The molecule has 0 saturated carbocycles. The van der Waals surface area contributed by atoms with Crippen LogP contribution in [-0.2, 0) is 19.1 Å². The fraction of sp³-hybridized carbons (Fsp3) is 0.875. The number of methoxy groups -OCH3 is 2. The Hall–Kier alpha value is -1.22. The van der Waals surface area contributed by atoms with Crippen molar-refractivity contribution in [3.05, 3.63) is 0 Å². The van der Waals surface area contributed by atoms with E-state index >= 15 is 0 Å². The predicted molar refractivity (Wildman–Crippen MR) is 88.6 cm³/mol. The molecule has 0 atom stereocenters. The monoisotopic (exact) mass is 348 g/mol. The van der Waals surface area contributed by atoms with Crippen LogP contribution in [0.25, 0.3) is 0 Å². The number of carbonyl (C=O) groups excluding carboxylic acids is 2. The molecule has 0 bridgehead atoms. The number of aliphatic hydroxyl groups is 1. The van der Waals surface area contributed by atoms with E-state index in [1.807, 2.05) is 0 Å². The fourth-order valence-corrected chi connectivity index (χ4v) is 3.05. The minimum absolute atomic E-state index is 0.0865. The Morgan fingerprint density at radius 3 is 1.62 bits per heavy atom. The zero-order valence-electron chi connectivity index (χ0n) is 15.7. The summed E-state index contributed by atoms with van der Waals surface area (Å²) in [4.78, 5) is 23.1. The van der Waals surface area contributed by atoms with Crippen molar-refractivity contribution in [2.24, 2.45) is 0 Å². The molecule has 1 aliphatic heterocycles. The molecule has 0 radical (unpaired) electrons. The molecule has 8 heteroatoms. The van der Waals surface area contributed by atoms with Crippen molar-refractivity contribution >= 4 is 11.9 Å². The highest BCUT2D eigenvalue weighted by Crippen LogP contribution is 2.30. The maximum atomic E-state index is 10.4. The van der Waals surface area contributed by atoms with Gasteiger partial charge in [-0.15, -0.1) is 0 Å². The lowest BCUT2D eigenvalue weighted by Crippen LogP contribution is -2.68. The number of hydrogen-bond donors (Lipinski definition) is 2. The van der Waals surface area contributed by atoms with E-state index < -0.39 is 11.9 Å². The molecule has 0 spiro atoms. The molecule has 1 rings (SSSR count). The van der Waals surface area contributed by atoms with E-state index in [0.717, 1.165) is 0 Å². The van der Waals surface area contributed by atoms with E-state index in [1.165, 1.54) is 19.3 Å². The lowest BCUT2D eigenvalue weighted by molar-refractivity contribution is -0.194. The highest BCUT2D eigenvalue weighted by molar-refractivity contribution is 5.77. The molecule has 0 amide bonds. The largest absolute Gasteiger partial charge is 0.469 e. The molecule has 0 aromatic heterocycles. The number of aliphatic hydroxyl groups excluding tert-OH is 1. The van der Waals surface area contributed by atoms with Crippen LogP contribution in [0.2, 0.25) is 0 Å². The Morgan fingerprint density at radius 1 is 0.958 bits per heavy atom. The lowest BCUT2D eigenvalue weighted by Gasteiger charge is -2.54. The molecule has 1 saturated heterocycles. The molecule has 1 fully saturated rings. The smallest absolute Gasteiger partial charge is 0.306 e. The van der Waals surface area contributed by atoms with Gasteiger partial charge in [0, 0.05) is 30.7 Å². The molecule has 0 aromatic carbocycles. The van der Waals surface area contributed by atoms with Crippen LogP contribution < -0.4 is 0 Å². The van der Waals surface area contributed by atoms with Gasteiger partial charge in [0.1, 0.15) is 0 Å². The number of ether oxygens (including phenoxy) is 2. The van der Waals surface area contributed by atoms with Gasteiger partial charge in [-0.05, 0) is 27.7 Å². The van der Waals surface area contributed by atoms with Crippen molar-refractivity contribution in [3.63, 3.8) is 0 Å². The number of esters is 2. The normalized spacial score (nSPS) is 19.8. The van der Waals surface area contributed by atoms with Crippen LogP contribution in [0.3, 0.4) is 0 Å². The Morgan fingerprint density at radius 2 is 1.33 bits per heavy atom. The van der Waals surface area contributed by atoms with Gasteiger partial charge in [0.15, 0.2) is 0 Å². The van der Waals surface area contributed by atoms with E-state index in [2.05, 4.69) is 42.1 Å². The van der Waals surface area contributed by atoms with Gasteiger partial charge < -0.3 is 19.8 Å². The summed E-state index contributed by atoms with van der Waals surface area (Å²) in [5.74, 6) is -0.796. The van der Waals surface area contributed by atoms with Crippen molar-refractivity contribution in [2.75, 3.05) is 40.5 Å². The maximum absolute atomic E-state index is 10.4. The average molecular weight is 348 g/mol. The van der Waals surface area contributed by atoms with Crippen LogP contribution in [0.5, 0.6) is 0 Å². The molecule has 24 heavy (non-hydrogen) atoms. The summed E-state index contributed by atoms with van der Waals surface area (Å²) in [7, 11) is 2.55. The molecule has 0 aliphatic carbocycles. The van der Waals surface area contributed by atoms with Crippen LogP contribution in [-0.4, -0.2) is 83.8 Å². The number of piperazine rings is 1. The van der Waals surface area contributed by atoms with Crippen LogP contribution in [0.15, 0.2) is 0 Å². The van der Waals surface area contributed by atoms with Crippen LogP contribution in [0, 0.1) is 0 Å². The van der Waals surface area contributed by atoms with Crippen molar-refractivity contribution < 1.29 is 29.4 Å². The van der Waals surface area contributed by atoms with E-state index in [1.54, 1.807) is 0 Å². The minimum Gasteiger partial charge on any atom is -0.469 e. The quantitative estimate of drug-likeness (QED) is 0.699. The van der Waals surface area contributed by atoms with Crippen LogP contribution in [0.4, 0.5) is 0 Å². The topological polar surface area (TPSA) is 99.5 Å². The Kier molecular flexibility index (Phi) is 9.42. The highest BCUT2D eigenvalue weighted by atomic mass is 16.5. The summed E-state index contributed by atoms with van der Waals surface area (Å²) in [6.45, 7) is 10.4. The molecule has 0 unspecified atom stereocenters. The molecule has 1 heterocycles. The molecule has 142 valence electrons. The predicted octanol–water partition coefficient (Wildman–Crippen LogP) is 0.655. The van der Waals surface area contributed by atoms with Gasteiger partial charge in [0.25, 0.3) is 0 Å². The van der Waals surface area contributed by atoms with Crippen LogP contribution >= 0.6 is 0 Å². The van der Waals surface area contributed by atoms with Crippen molar-refractivity contribution in [1.82, 2.24) is 9.96 Å². The lowest BCUT2D eigenvalue weighted by atomic mass is 9.89. The van der Waals surface area contributed by atoms with Crippen molar-refractivity contribution in [3.8, 4) is 0 Å². The van der Waals surface area contributed by atoms with Gasteiger partial charge >= 0.3 is 11.9 Å². The SMILES string of the molecule is CC1(C)CN(O)CC(C)(C)N1CCO.COC(=O)CCC(=O)OC. The third kappa shape index (κ3) is 7.57. The molecule has 0 aromatic rings. The second kappa shape index (κ2) is 9.93. The Balaban J connectivity index is 0.000000470. The van der Waals surface area contributed by atoms with Crippen molar-refractivity contribution in [1.29, 1.82) is 0 Å². The maximum Gasteiger partial charge on any atom is 0.306 e. The zero-order chi connectivity index (χ0) is 19.0. The third-order valence-corrected chi connectivity index (χ3v) is 3.91. The zero-order valence-corrected chi connectivity index (χ0v) is 15.7. The summed E-state index contributed by atoms with van der Waals surface area (Å²) in [6.07, 6.45) is 0.173. The molecular formula is C16H32N2O6. The fourth-order valence-electron chi connectivity index (χ4n) is 3.05. The summed E-state index contributed by atoms with van der Waals surface area (Å²) < 4.78 is 8.60. The summed E-state index contributed by atoms with van der Waals surface area (Å²) >= 11 is 0. The first-order valence-corrected chi connectivity index (χ1v) is 7.96. The number of nitrogens with zero attached hydrogens (tertiary/aromatic N) is 2. The standard InChI is InChI=1S/C10H22N2O2.C6H10O4/c1-9(2)7-11(14)8-10(3,4)12(9)5-6-13;1-9-5(7)3-4-6(8)10-2/h13-14H,5-8H2,1-4H3;3-4H2,1-2H3. The average Bonchev–Trinajstić information content (AvgIpc) is 2.47. The number of hydroxylamine groups is 2. The minimum atomic E-state index is -0.398. The van der Waals surface area contributed by atoms with E-state index in [9.17, 15) is 14.8 Å².